The molecule has 1 saturated carbocycles. The van der Waals surface area contributed by atoms with Gasteiger partial charge in [0.05, 0.1) is 12.1 Å². The van der Waals surface area contributed by atoms with Crippen molar-refractivity contribution in [3.63, 3.8) is 0 Å². The van der Waals surface area contributed by atoms with Crippen LogP contribution in [0.5, 0.6) is 0 Å². The van der Waals surface area contributed by atoms with Crippen LogP contribution in [0.4, 0.5) is 0 Å². The second kappa shape index (κ2) is 6.04. The molecule has 1 aliphatic rings. The first-order valence-electron chi connectivity index (χ1n) is 6.36. The zero-order valence-electron chi connectivity index (χ0n) is 11.0. The SMILES string of the molecule is CC(C)(C(=O)NC1CCCCCC1O)C(N)=NO. The highest BCUT2D eigenvalue weighted by atomic mass is 16.4. The Kier molecular flexibility index (Phi) is 4.95. The number of oxime groups is 1. The number of rotatable bonds is 3. The summed E-state index contributed by atoms with van der Waals surface area (Å²) in [4.78, 5) is 12.1. The number of aliphatic hydroxyl groups excluding tert-OH is 1. The summed E-state index contributed by atoms with van der Waals surface area (Å²) >= 11 is 0. The molecule has 5 N–H and O–H groups in total. The average Bonchev–Trinajstić information content (AvgIpc) is 2.53. The van der Waals surface area contributed by atoms with Crippen LogP contribution >= 0.6 is 0 Å². The fraction of sp³-hybridized carbons (Fsp3) is 0.833. The fourth-order valence-electron chi connectivity index (χ4n) is 2.05. The molecule has 1 fully saturated rings. The van der Waals surface area contributed by atoms with E-state index in [0.717, 1.165) is 25.7 Å². The molecule has 0 spiro atoms. The van der Waals surface area contributed by atoms with Crippen molar-refractivity contribution in [1.82, 2.24) is 5.32 Å². The van der Waals surface area contributed by atoms with Crippen LogP contribution in [0, 0.1) is 5.41 Å². The number of hydrogen-bond donors (Lipinski definition) is 4. The van der Waals surface area contributed by atoms with Gasteiger partial charge in [0, 0.05) is 0 Å². The number of carbonyl (C=O) groups excluding carboxylic acids is 1. The van der Waals surface area contributed by atoms with E-state index in [1.54, 1.807) is 13.8 Å². The average molecular weight is 257 g/mol. The molecule has 6 heteroatoms. The topological polar surface area (TPSA) is 108 Å². The Morgan fingerprint density at radius 2 is 1.94 bits per heavy atom. The lowest BCUT2D eigenvalue weighted by Gasteiger charge is -2.28. The molecule has 2 unspecified atom stereocenters. The molecule has 2 atom stereocenters. The lowest BCUT2D eigenvalue weighted by molar-refractivity contribution is -0.128. The number of hydrogen-bond acceptors (Lipinski definition) is 4. The summed E-state index contributed by atoms with van der Waals surface area (Å²) in [6, 6.07) is -0.245. The Bertz CT molecular complexity index is 329. The molecule has 6 nitrogen and oxygen atoms in total. The van der Waals surface area contributed by atoms with Crippen molar-refractivity contribution in [2.24, 2.45) is 16.3 Å². The molecule has 1 amide bonds. The van der Waals surface area contributed by atoms with Crippen LogP contribution < -0.4 is 11.1 Å². The smallest absolute Gasteiger partial charge is 0.233 e. The van der Waals surface area contributed by atoms with Gasteiger partial charge in [-0.25, -0.2) is 0 Å². The maximum absolute atomic E-state index is 12.1. The van der Waals surface area contributed by atoms with Crippen LogP contribution in [0.1, 0.15) is 46.0 Å². The molecule has 0 radical (unpaired) electrons. The third-order valence-electron chi connectivity index (χ3n) is 3.61. The van der Waals surface area contributed by atoms with Gasteiger partial charge in [0.15, 0.2) is 5.84 Å². The van der Waals surface area contributed by atoms with Crippen molar-refractivity contribution >= 4 is 11.7 Å². The standard InChI is InChI=1S/C12H23N3O3/c1-12(2,10(13)15-18)11(17)14-8-6-4-3-5-7-9(8)16/h8-9,16,18H,3-7H2,1-2H3,(H2,13,15)(H,14,17). The van der Waals surface area contributed by atoms with Gasteiger partial charge < -0.3 is 21.4 Å². The van der Waals surface area contributed by atoms with Crippen molar-refractivity contribution in [2.75, 3.05) is 0 Å². The highest BCUT2D eigenvalue weighted by molar-refractivity contribution is 6.05. The minimum atomic E-state index is -1.08. The zero-order valence-corrected chi connectivity index (χ0v) is 11.0. The number of nitrogens with zero attached hydrogens (tertiary/aromatic N) is 1. The van der Waals surface area contributed by atoms with E-state index < -0.39 is 11.5 Å². The van der Waals surface area contributed by atoms with Crippen LogP contribution in [0.2, 0.25) is 0 Å². The number of amides is 1. The zero-order chi connectivity index (χ0) is 13.8. The molecule has 0 heterocycles. The molecule has 0 aromatic heterocycles. The van der Waals surface area contributed by atoms with Gasteiger partial charge >= 0.3 is 0 Å². The Hall–Kier alpha value is -1.30. The number of nitrogens with one attached hydrogen (secondary N) is 1. The Morgan fingerprint density at radius 1 is 1.33 bits per heavy atom. The van der Waals surface area contributed by atoms with E-state index in [-0.39, 0.29) is 17.8 Å². The lowest BCUT2D eigenvalue weighted by atomic mass is 9.90. The molecular weight excluding hydrogens is 234 g/mol. The van der Waals surface area contributed by atoms with Gasteiger partial charge in [0.1, 0.15) is 5.41 Å². The van der Waals surface area contributed by atoms with Gasteiger partial charge in [-0.05, 0) is 26.7 Å². The van der Waals surface area contributed by atoms with Crippen molar-refractivity contribution in [2.45, 2.75) is 58.1 Å². The van der Waals surface area contributed by atoms with Crippen molar-refractivity contribution in [3.05, 3.63) is 0 Å². The lowest BCUT2D eigenvalue weighted by Crippen LogP contribution is -2.52. The molecule has 0 saturated heterocycles. The summed E-state index contributed by atoms with van der Waals surface area (Å²) in [5.41, 5.74) is 4.42. The van der Waals surface area contributed by atoms with Crippen LogP contribution in [0.25, 0.3) is 0 Å². The summed E-state index contributed by atoms with van der Waals surface area (Å²) in [5, 5.41) is 24.3. The highest BCUT2D eigenvalue weighted by Crippen LogP contribution is 2.21. The van der Waals surface area contributed by atoms with Gasteiger partial charge in [0.2, 0.25) is 5.91 Å². The summed E-state index contributed by atoms with van der Waals surface area (Å²) < 4.78 is 0. The predicted octanol–water partition coefficient (Wildman–Crippen LogP) is 0.569. The maximum atomic E-state index is 12.1. The maximum Gasteiger partial charge on any atom is 0.233 e. The van der Waals surface area contributed by atoms with E-state index >= 15 is 0 Å². The number of amidine groups is 1. The monoisotopic (exact) mass is 257 g/mol. The minimum Gasteiger partial charge on any atom is -0.409 e. The molecule has 0 aliphatic heterocycles. The van der Waals surface area contributed by atoms with Crippen LogP contribution in [-0.4, -0.2) is 34.2 Å². The Labute approximate surface area is 107 Å². The Balaban J connectivity index is 2.68. The van der Waals surface area contributed by atoms with Crippen molar-refractivity contribution < 1.29 is 15.1 Å². The minimum absolute atomic E-state index is 0.136. The summed E-state index contributed by atoms with van der Waals surface area (Å²) in [6.07, 6.45) is 4.00. The molecule has 1 aliphatic carbocycles. The second-order valence-electron chi connectivity index (χ2n) is 5.40. The first-order valence-corrected chi connectivity index (χ1v) is 6.36. The molecule has 18 heavy (non-hydrogen) atoms. The molecule has 0 aromatic carbocycles. The first-order chi connectivity index (χ1) is 8.39. The van der Waals surface area contributed by atoms with Gasteiger partial charge in [-0.15, -0.1) is 0 Å². The predicted molar refractivity (Wildman–Crippen MR) is 68.2 cm³/mol. The van der Waals surface area contributed by atoms with E-state index in [1.165, 1.54) is 0 Å². The fourth-order valence-corrected chi connectivity index (χ4v) is 2.05. The highest BCUT2D eigenvalue weighted by Gasteiger charge is 2.35. The largest absolute Gasteiger partial charge is 0.409 e. The Morgan fingerprint density at radius 3 is 2.56 bits per heavy atom. The molecule has 104 valence electrons. The molecule has 1 rings (SSSR count). The first kappa shape index (κ1) is 14.8. The van der Waals surface area contributed by atoms with Gasteiger partial charge in [-0.3, -0.25) is 4.79 Å². The third kappa shape index (κ3) is 3.35. The van der Waals surface area contributed by atoms with E-state index in [1.807, 2.05) is 0 Å². The van der Waals surface area contributed by atoms with Gasteiger partial charge in [-0.2, -0.15) is 0 Å². The number of nitrogens with two attached hydrogens (primary N) is 1. The van der Waals surface area contributed by atoms with Gasteiger partial charge in [0.25, 0.3) is 0 Å². The van der Waals surface area contributed by atoms with Crippen molar-refractivity contribution in [3.8, 4) is 0 Å². The summed E-state index contributed by atoms with van der Waals surface area (Å²) in [5.74, 6) is -0.466. The summed E-state index contributed by atoms with van der Waals surface area (Å²) in [7, 11) is 0. The van der Waals surface area contributed by atoms with E-state index in [2.05, 4.69) is 10.5 Å². The third-order valence-corrected chi connectivity index (χ3v) is 3.61. The molecule has 0 aromatic rings. The van der Waals surface area contributed by atoms with E-state index in [4.69, 9.17) is 10.9 Å². The van der Waals surface area contributed by atoms with Crippen LogP contribution in [-0.2, 0) is 4.79 Å². The van der Waals surface area contributed by atoms with Crippen LogP contribution in [0.3, 0.4) is 0 Å². The number of carbonyl (C=O) groups is 1. The van der Waals surface area contributed by atoms with E-state index in [9.17, 15) is 9.90 Å². The van der Waals surface area contributed by atoms with E-state index in [0.29, 0.717) is 6.42 Å². The normalized spacial score (nSPS) is 26.5. The number of aliphatic hydroxyl groups is 1. The quantitative estimate of drug-likeness (QED) is 0.195. The summed E-state index contributed by atoms with van der Waals surface area (Å²) in [6.45, 7) is 3.17. The molecular formula is C12H23N3O3. The van der Waals surface area contributed by atoms with Crippen molar-refractivity contribution in [1.29, 1.82) is 0 Å². The van der Waals surface area contributed by atoms with Gasteiger partial charge in [-0.1, -0.05) is 24.4 Å². The van der Waals surface area contributed by atoms with Crippen LogP contribution in [0.15, 0.2) is 5.16 Å². The second-order valence-corrected chi connectivity index (χ2v) is 5.40. The molecule has 0 bridgehead atoms.